The first kappa shape index (κ1) is 14.6. The predicted octanol–water partition coefficient (Wildman–Crippen LogP) is 3.27. The Morgan fingerprint density at radius 1 is 1.32 bits per heavy atom. The molecule has 0 amide bonds. The molecule has 0 saturated carbocycles. The summed E-state index contributed by atoms with van der Waals surface area (Å²) in [5.41, 5.74) is 1.18. The summed E-state index contributed by atoms with van der Waals surface area (Å²) in [5.74, 6) is 0.928. The summed E-state index contributed by atoms with van der Waals surface area (Å²) >= 11 is 6.12. The third kappa shape index (κ3) is 4.37. The van der Waals surface area contributed by atoms with Crippen LogP contribution in [0.1, 0.15) is 31.7 Å². The van der Waals surface area contributed by atoms with Crippen molar-refractivity contribution < 1.29 is 4.74 Å². The molecule has 1 aliphatic heterocycles. The van der Waals surface area contributed by atoms with Crippen molar-refractivity contribution in [1.82, 2.24) is 10.2 Å². The van der Waals surface area contributed by atoms with Gasteiger partial charge in [-0.25, -0.2) is 0 Å². The normalized spacial score (nSPS) is 18.3. The van der Waals surface area contributed by atoms with Gasteiger partial charge in [0.05, 0.1) is 0 Å². The summed E-state index contributed by atoms with van der Waals surface area (Å²) in [6.07, 6.45) is 3.95. The molecule has 0 aromatic heterocycles. The summed E-state index contributed by atoms with van der Waals surface area (Å²) in [6.45, 7) is 5.27. The van der Waals surface area contributed by atoms with Gasteiger partial charge in [0.15, 0.2) is 0 Å². The number of rotatable bonds is 5. The lowest BCUT2D eigenvalue weighted by molar-refractivity contribution is 0.182. The van der Waals surface area contributed by atoms with Crippen molar-refractivity contribution in [3.63, 3.8) is 0 Å². The number of hydrogen-bond donors (Lipinski definition) is 1. The first-order chi connectivity index (χ1) is 9.19. The van der Waals surface area contributed by atoms with Gasteiger partial charge in [-0.2, -0.15) is 0 Å². The van der Waals surface area contributed by atoms with E-state index in [-0.39, 0.29) is 6.23 Å². The van der Waals surface area contributed by atoms with Gasteiger partial charge in [0.1, 0.15) is 12.0 Å². The Morgan fingerprint density at radius 3 is 2.74 bits per heavy atom. The highest BCUT2D eigenvalue weighted by Crippen LogP contribution is 2.26. The van der Waals surface area contributed by atoms with Crippen LogP contribution in [-0.4, -0.2) is 31.3 Å². The highest BCUT2D eigenvalue weighted by molar-refractivity contribution is 6.30. The predicted molar refractivity (Wildman–Crippen MR) is 79.7 cm³/mol. The quantitative estimate of drug-likeness (QED) is 0.839. The standard InChI is InChI=1S/C15H23ClN2O/c1-12(17-2)19-15-7-6-14(16)10-13(15)11-18-8-4-3-5-9-18/h6-7,10,12,17H,3-5,8-9,11H2,1-2H3. The molecule has 1 N–H and O–H groups in total. The van der Waals surface area contributed by atoms with Crippen molar-refractivity contribution in [3.8, 4) is 5.75 Å². The molecule has 0 spiro atoms. The topological polar surface area (TPSA) is 24.5 Å². The molecule has 0 bridgehead atoms. The average molecular weight is 283 g/mol. The summed E-state index contributed by atoms with van der Waals surface area (Å²) in [4.78, 5) is 2.48. The van der Waals surface area contributed by atoms with Crippen molar-refractivity contribution in [2.75, 3.05) is 20.1 Å². The van der Waals surface area contributed by atoms with Crippen LogP contribution in [-0.2, 0) is 6.54 Å². The van der Waals surface area contributed by atoms with E-state index in [0.29, 0.717) is 0 Å². The van der Waals surface area contributed by atoms with Crippen molar-refractivity contribution in [1.29, 1.82) is 0 Å². The number of hydrogen-bond acceptors (Lipinski definition) is 3. The molecule has 4 heteroatoms. The Labute approximate surface area is 120 Å². The van der Waals surface area contributed by atoms with E-state index < -0.39 is 0 Å². The van der Waals surface area contributed by atoms with Crippen LogP contribution in [0.4, 0.5) is 0 Å². The average Bonchev–Trinajstić information content (AvgIpc) is 2.43. The summed E-state index contributed by atoms with van der Waals surface area (Å²) in [7, 11) is 1.89. The molecule has 2 rings (SSSR count). The fraction of sp³-hybridized carbons (Fsp3) is 0.600. The Kier molecular flexibility index (Phi) is 5.49. The van der Waals surface area contributed by atoms with E-state index >= 15 is 0 Å². The number of nitrogens with zero attached hydrogens (tertiary/aromatic N) is 1. The SMILES string of the molecule is CNC(C)Oc1ccc(Cl)cc1CN1CCCCC1. The molecule has 19 heavy (non-hydrogen) atoms. The minimum atomic E-state index is 0.00119. The zero-order valence-electron chi connectivity index (χ0n) is 11.8. The van der Waals surface area contributed by atoms with Gasteiger partial charge < -0.3 is 4.74 Å². The number of nitrogens with one attached hydrogen (secondary N) is 1. The molecule has 0 aliphatic carbocycles. The number of piperidine rings is 1. The van der Waals surface area contributed by atoms with Crippen molar-refractivity contribution in [2.24, 2.45) is 0 Å². The number of ether oxygens (including phenoxy) is 1. The Morgan fingerprint density at radius 2 is 2.05 bits per heavy atom. The van der Waals surface area contributed by atoms with E-state index in [2.05, 4.69) is 10.2 Å². The molecule has 1 atom stereocenters. The minimum Gasteiger partial charge on any atom is -0.475 e. The lowest BCUT2D eigenvalue weighted by Crippen LogP contribution is -2.31. The Bertz CT molecular complexity index is 405. The van der Waals surface area contributed by atoms with E-state index in [4.69, 9.17) is 16.3 Å². The van der Waals surface area contributed by atoms with E-state index in [1.165, 1.54) is 37.9 Å². The second kappa shape index (κ2) is 7.13. The number of benzene rings is 1. The zero-order valence-corrected chi connectivity index (χ0v) is 12.5. The zero-order chi connectivity index (χ0) is 13.7. The molecule has 1 aromatic carbocycles. The molecular formula is C15H23ClN2O. The first-order valence-corrected chi connectivity index (χ1v) is 7.41. The molecule has 1 fully saturated rings. The summed E-state index contributed by atoms with van der Waals surface area (Å²) < 4.78 is 5.89. The fourth-order valence-electron chi connectivity index (χ4n) is 2.39. The van der Waals surface area contributed by atoms with Gasteiger partial charge in [-0.3, -0.25) is 10.2 Å². The van der Waals surface area contributed by atoms with Crippen molar-refractivity contribution in [2.45, 2.75) is 39.0 Å². The van der Waals surface area contributed by atoms with E-state index in [1.807, 2.05) is 32.2 Å². The van der Waals surface area contributed by atoms with Crippen LogP contribution in [0.2, 0.25) is 5.02 Å². The second-order valence-corrected chi connectivity index (χ2v) is 5.57. The Hall–Kier alpha value is -0.770. The molecular weight excluding hydrogens is 260 g/mol. The fourth-order valence-corrected chi connectivity index (χ4v) is 2.59. The second-order valence-electron chi connectivity index (χ2n) is 5.14. The van der Waals surface area contributed by atoms with Gasteiger partial charge in [0.2, 0.25) is 0 Å². The number of halogens is 1. The summed E-state index contributed by atoms with van der Waals surface area (Å²) in [6, 6.07) is 5.88. The summed E-state index contributed by atoms with van der Waals surface area (Å²) in [5, 5.41) is 3.86. The first-order valence-electron chi connectivity index (χ1n) is 7.04. The minimum absolute atomic E-state index is 0.00119. The van der Waals surface area contributed by atoms with Crippen LogP contribution >= 0.6 is 11.6 Å². The maximum atomic E-state index is 6.12. The van der Waals surface area contributed by atoms with Gasteiger partial charge >= 0.3 is 0 Å². The van der Waals surface area contributed by atoms with E-state index in [1.54, 1.807) is 0 Å². The maximum Gasteiger partial charge on any atom is 0.147 e. The van der Waals surface area contributed by atoms with Crippen LogP contribution < -0.4 is 10.1 Å². The van der Waals surface area contributed by atoms with Crippen LogP contribution in [0.25, 0.3) is 0 Å². The smallest absolute Gasteiger partial charge is 0.147 e. The van der Waals surface area contributed by atoms with Crippen LogP contribution in [0.15, 0.2) is 18.2 Å². The van der Waals surface area contributed by atoms with E-state index in [9.17, 15) is 0 Å². The van der Waals surface area contributed by atoms with Gasteiger partial charge in [-0.15, -0.1) is 0 Å². The van der Waals surface area contributed by atoms with Gasteiger partial charge in [-0.05, 0) is 58.1 Å². The molecule has 3 nitrogen and oxygen atoms in total. The van der Waals surface area contributed by atoms with Crippen molar-refractivity contribution >= 4 is 11.6 Å². The molecule has 1 heterocycles. The van der Waals surface area contributed by atoms with Gasteiger partial charge in [0, 0.05) is 17.1 Å². The van der Waals surface area contributed by atoms with Crippen LogP contribution in [0, 0.1) is 0 Å². The Balaban J connectivity index is 2.09. The molecule has 1 unspecified atom stereocenters. The van der Waals surface area contributed by atoms with Gasteiger partial charge in [-0.1, -0.05) is 18.0 Å². The van der Waals surface area contributed by atoms with Crippen molar-refractivity contribution in [3.05, 3.63) is 28.8 Å². The third-order valence-electron chi connectivity index (χ3n) is 3.58. The van der Waals surface area contributed by atoms with Gasteiger partial charge in [0.25, 0.3) is 0 Å². The molecule has 1 aromatic rings. The highest BCUT2D eigenvalue weighted by atomic mass is 35.5. The number of likely N-dealkylation sites (tertiary alicyclic amines) is 1. The third-order valence-corrected chi connectivity index (χ3v) is 3.81. The highest BCUT2D eigenvalue weighted by Gasteiger charge is 2.14. The van der Waals surface area contributed by atoms with Crippen LogP contribution in [0.3, 0.4) is 0 Å². The molecule has 0 radical (unpaired) electrons. The largest absolute Gasteiger partial charge is 0.475 e. The molecule has 106 valence electrons. The lowest BCUT2D eigenvalue weighted by atomic mass is 10.1. The monoisotopic (exact) mass is 282 g/mol. The lowest BCUT2D eigenvalue weighted by Gasteiger charge is -2.27. The maximum absolute atomic E-state index is 6.12. The van der Waals surface area contributed by atoms with E-state index in [0.717, 1.165) is 17.3 Å². The molecule has 1 aliphatic rings. The molecule has 1 saturated heterocycles. The van der Waals surface area contributed by atoms with Crippen LogP contribution in [0.5, 0.6) is 5.75 Å².